The molecule has 29 heavy (non-hydrogen) atoms. The summed E-state index contributed by atoms with van der Waals surface area (Å²) in [6, 6.07) is 8.41. The molecule has 0 aliphatic heterocycles. The van der Waals surface area contributed by atoms with Gasteiger partial charge in [-0.05, 0) is 45.8 Å². The molecule has 2 aromatic rings. The zero-order chi connectivity index (χ0) is 21.4. The van der Waals surface area contributed by atoms with Gasteiger partial charge in [0, 0.05) is 23.4 Å². The highest BCUT2D eigenvalue weighted by Gasteiger charge is 2.11. The van der Waals surface area contributed by atoms with Crippen molar-refractivity contribution in [1.29, 1.82) is 0 Å². The van der Waals surface area contributed by atoms with Gasteiger partial charge in [0.15, 0.2) is 6.61 Å². The molecule has 0 fully saturated rings. The molecule has 0 aliphatic rings. The van der Waals surface area contributed by atoms with E-state index in [0.717, 1.165) is 29.8 Å². The number of esters is 1. The summed E-state index contributed by atoms with van der Waals surface area (Å²) in [5.41, 5.74) is 5.08. The van der Waals surface area contributed by atoms with Gasteiger partial charge in [0.1, 0.15) is 0 Å². The molecule has 0 bridgehead atoms. The number of nitrogens with zero attached hydrogens (tertiary/aromatic N) is 2. The van der Waals surface area contributed by atoms with E-state index in [1.165, 1.54) is 17.2 Å². The lowest BCUT2D eigenvalue weighted by molar-refractivity contribution is -0.144. The Hall–Kier alpha value is -2.89. The SMILES string of the molecule is CCCC(C)NC(=O)COC(=O)/C=C/c1c(C)nn(Cc2ccc(C)cc2)c1C. The molecule has 1 unspecified atom stereocenters. The van der Waals surface area contributed by atoms with Crippen molar-refractivity contribution in [3.05, 3.63) is 58.4 Å². The van der Waals surface area contributed by atoms with Crippen LogP contribution in [0.5, 0.6) is 0 Å². The van der Waals surface area contributed by atoms with Crippen molar-refractivity contribution in [1.82, 2.24) is 15.1 Å². The average molecular weight is 398 g/mol. The summed E-state index contributed by atoms with van der Waals surface area (Å²) >= 11 is 0. The predicted molar refractivity (Wildman–Crippen MR) is 114 cm³/mol. The third-order valence-corrected chi connectivity index (χ3v) is 4.75. The Bertz CT molecular complexity index is 866. The molecule has 2 rings (SSSR count). The monoisotopic (exact) mass is 397 g/mol. The Morgan fingerprint density at radius 1 is 1.21 bits per heavy atom. The Morgan fingerprint density at radius 3 is 2.55 bits per heavy atom. The minimum atomic E-state index is -0.548. The number of aryl methyl sites for hydroxylation is 2. The molecule has 0 spiro atoms. The molecule has 156 valence electrons. The quantitative estimate of drug-likeness (QED) is 0.517. The van der Waals surface area contributed by atoms with E-state index in [2.05, 4.69) is 48.5 Å². The number of carbonyl (C=O) groups is 2. The predicted octanol–water partition coefficient (Wildman–Crippen LogP) is 3.72. The van der Waals surface area contributed by atoms with Crippen LogP contribution >= 0.6 is 0 Å². The maximum absolute atomic E-state index is 12.0. The molecule has 0 saturated carbocycles. The summed E-state index contributed by atoms with van der Waals surface area (Å²) in [5, 5.41) is 7.38. The lowest BCUT2D eigenvalue weighted by atomic mass is 10.1. The molecule has 6 nitrogen and oxygen atoms in total. The minimum Gasteiger partial charge on any atom is -0.452 e. The number of aromatic nitrogens is 2. The van der Waals surface area contributed by atoms with Crippen molar-refractivity contribution in [2.75, 3.05) is 6.61 Å². The second-order valence-corrected chi connectivity index (χ2v) is 7.43. The molecule has 1 aromatic heterocycles. The zero-order valence-electron chi connectivity index (χ0n) is 18.0. The van der Waals surface area contributed by atoms with Gasteiger partial charge in [-0.3, -0.25) is 9.48 Å². The number of carbonyl (C=O) groups excluding carboxylic acids is 2. The molecule has 1 atom stereocenters. The largest absolute Gasteiger partial charge is 0.452 e. The number of hydrogen-bond acceptors (Lipinski definition) is 4. The molecular formula is C23H31N3O3. The molecule has 1 aromatic carbocycles. The summed E-state index contributed by atoms with van der Waals surface area (Å²) < 4.78 is 6.96. The third kappa shape index (κ3) is 6.89. The van der Waals surface area contributed by atoms with Gasteiger partial charge >= 0.3 is 5.97 Å². The topological polar surface area (TPSA) is 73.2 Å². The van der Waals surface area contributed by atoms with Crippen LogP contribution in [0.1, 0.15) is 54.8 Å². The zero-order valence-corrected chi connectivity index (χ0v) is 18.0. The number of hydrogen-bond donors (Lipinski definition) is 1. The Labute approximate surface area is 173 Å². The summed E-state index contributed by atoms with van der Waals surface area (Å²) in [6.45, 7) is 10.3. The Morgan fingerprint density at radius 2 is 1.90 bits per heavy atom. The van der Waals surface area contributed by atoms with Crippen LogP contribution in [-0.4, -0.2) is 34.3 Å². The van der Waals surface area contributed by atoms with E-state index in [9.17, 15) is 9.59 Å². The minimum absolute atomic E-state index is 0.0754. The lowest BCUT2D eigenvalue weighted by Gasteiger charge is -2.12. The molecule has 0 radical (unpaired) electrons. The molecule has 1 N–H and O–H groups in total. The maximum Gasteiger partial charge on any atom is 0.331 e. The van der Waals surface area contributed by atoms with Crippen LogP contribution in [0.2, 0.25) is 0 Å². The van der Waals surface area contributed by atoms with Crippen molar-refractivity contribution in [3.8, 4) is 0 Å². The van der Waals surface area contributed by atoms with Gasteiger partial charge in [0.05, 0.1) is 12.2 Å². The molecule has 0 aliphatic carbocycles. The number of amides is 1. The third-order valence-electron chi connectivity index (χ3n) is 4.75. The maximum atomic E-state index is 12.0. The van der Waals surface area contributed by atoms with E-state index < -0.39 is 5.97 Å². The highest BCUT2D eigenvalue weighted by atomic mass is 16.5. The summed E-state index contributed by atoms with van der Waals surface area (Å²) in [5.74, 6) is -0.834. The Kier molecular flexibility index (Phi) is 8.19. The average Bonchev–Trinajstić information content (AvgIpc) is 2.93. The summed E-state index contributed by atoms with van der Waals surface area (Å²) in [6.07, 6.45) is 4.92. The van der Waals surface area contributed by atoms with Gasteiger partial charge in [0.2, 0.25) is 0 Å². The molecular weight excluding hydrogens is 366 g/mol. The second-order valence-electron chi connectivity index (χ2n) is 7.43. The van der Waals surface area contributed by atoms with E-state index in [4.69, 9.17) is 4.74 Å². The van der Waals surface area contributed by atoms with Gasteiger partial charge in [0.25, 0.3) is 5.91 Å². The Balaban J connectivity index is 1.94. The van der Waals surface area contributed by atoms with E-state index in [-0.39, 0.29) is 18.6 Å². The lowest BCUT2D eigenvalue weighted by Crippen LogP contribution is -2.35. The van der Waals surface area contributed by atoms with Gasteiger partial charge in [-0.1, -0.05) is 43.2 Å². The smallest absolute Gasteiger partial charge is 0.331 e. The fourth-order valence-electron chi connectivity index (χ4n) is 3.13. The van der Waals surface area contributed by atoms with Crippen LogP contribution < -0.4 is 5.32 Å². The van der Waals surface area contributed by atoms with Crippen molar-refractivity contribution in [2.24, 2.45) is 0 Å². The van der Waals surface area contributed by atoms with E-state index >= 15 is 0 Å². The summed E-state index contributed by atoms with van der Waals surface area (Å²) in [7, 11) is 0. The van der Waals surface area contributed by atoms with E-state index in [1.807, 2.05) is 25.5 Å². The van der Waals surface area contributed by atoms with Crippen LogP contribution in [0.15, 0.2) is 30.3 Å². The number of ether oxygens (including phenoxy) is 1. The van der Waals surface area contributed by atoms with Crippen molar-refractivity contribution in [2.45, 2.75) is 60.0 Å². The first-order valence-corrected chi connectivity index (χ1v) is 10.0. The molecule has 0 saturated heterocycles. The first-order chi connectivity index (χ1) is 13.8. The van der Waals surface area contributed by atoms with Crippen molar-refractivity contribution in [3.63, 3.8) is 0 Å². The van der Waals surface area contributed by atoms with Crippen molar-refractivity contribution < 1.29 is 14.3 Å². The second kappa shape index (κ2) is 10.6. The number of rotatable bonds is 9. The molecule has 1 heterocycles. The first-order valence-electron chi connectivity index (χ1n) is 10.0. The number of nitrogens with one attached hydrogen (secondary N) is 1. The van der Waals surface area contributed by atoms with E-state index in [0.29, 0.717) is 6.54 Å². The molecule has 6 heteroatoms. The van der Waals surface area contributed by atoms with Crippen molar-refractivity contribution >= 4 is 18.0 Å². The van der Waals surface area contributed by atoms with Gasteiger partial charge in [-0.2, -0.15) is 5.10 Å². The van der Waals surface area contributed by atoms with Crippen LogP contribution in [0.3, 0.4) is 0 Å². The van der Waals surface area contributed by atoms with Gasteiger partial charge in [-0.15, -0.1) is 0 Å². The normalized spacial score (nSPS) is 12.2. The van der Waals surface area contributed by atoms with Crippen LogP contribution in [-0.2, 0) is 20.9 Å². The standard InChI is InChI=1S/C23H31N3O3/c1-6-7-17(3)24-22(27)15-29-23(28)13-12-21-18(4)25-26(19(21)5)14-20-10-8-16(2)9-11-20/h8-13,17H,6-7,14-15H2,1-5H3,(H,24,27)/b13-12+. The van der Waals surface area contributed by atoms with Crippen LogP contribution in [0, 0.1) is 20.8 Å². The molecule has 1 amide bonds. The number of benzene rings is 1. The van der Waals surface area contributed by atoms with Gasteiger partial charge in [-0.25, -0.2) is 4.79 Å². The fraction of sp³-hybridized carbons (Fsp3) is 0.435. The fourth-order valence-corrected chi connectivity index (χ4v) is 3.13. The first kappa shape index (κ1) is 22.4. The highest BCUT2D eigenvalue weighted by Crippen LogP contribution is 2.17. The highest BCUT2D eigenvalue weighted by molar-refractivity contribution is 5.89. The van der Waals surface area contributed by atoms with Crippen LogP contribution in [0.25, 0.3) is 6.08 Å². The summed E-state index contributed by atoms with van der Waals surface area (Å²) in [4.78, 5) is 23.8. The van der Waals surface area contributed by atoms with Crippen LogP contribution in [0.4, 0.5) is 0 Å². The van der Waals surface area contributed by atoms with Gasteiger partial charge < -0.3 is 10.1 Å². The van der Waals surface area contributed by atoms with E-state index in [1.54, 1.807) is 6.08 Å².